The molecule has 1 aliphatic heterocycles. The molecule has 6 heteroatoms. The second kappa shape index (κ2) is 9.35. The Kier molecular flexibility index (Phi) is 6.63. The predicted octanol–water partition coefficient (Wildman–Crippen LogP) is 3.88. The second-order valence-electron chi connectivity index (χ2n) is 6.79. The summed E-state index contributed by atoms with van der Waals surface area (Å²) in [4.78, 5) is 15.3. The highest BCUT2D eigenvalue weighted by molar-refractivity contribution is 5.86. The molecule has 2 aromatic rings. The minimum Gasteiger partial charge on any atom is -0.493 e. The van der Waals surface area contributed by atoms with Crippen molar-refractivity contribution < 1.29 is 19.0 Å². The maximum absolute atomic E-state index is 13.3. The van der Waals surface area contributed by atoms with E-state index in [-0.39, 0.29) is 5.91 Å². The molecule has 1 saturated heterocycles. The van der Waals surface area contributed by atoms with Crippen LogP contribution in [-0.4, -0.2) is 45.2 Å². The Bertz CT molecular complexity index is 763. The van der Waals surface area contributed by atoms with E-state index in [2.05, 4.69) is 5.32 Å². The molecule has 1 fully saturated rings. The van der Waals surface area contributed by atoms with Gasteiger partial charge in [0.2, 0.25) is 11.7 Å². The molecule has 0 bridgehead atoms. The third-order valence-corrected chi connectivity index (χ3v) is 5.02. The molecule has 150 valence electrons. The van der Waals surface area contributed by atoms with E-state index in [0.717, 1.165) is 37.2 Å². The van der Waals surface area contributed by atoms with E-state index in [9.17, 15) is 4.79 Å². The van der Waals surface area contributed by atoms with E-state index < -0.39 is 6.04 Å². The van der Waals surface area contributed by atoms with Crippen LogP contribution in [0.5, 0.6) is 17.2 Å². The van der Waals surface area contributed by atoms with E-state index in [0.29, 0.717) is 17.2 Å². The summed E-state index contributed by atoms with van der Waals surface area (Å²) < 4.78 is 16.3. The van der Waals surface area contributed by atoms with Crippen LogP contribution >= 0.6 is 0 Å². The van der Waals surface area contributed by atoms with Gasteiger partial charge in [0.25, 0.3) is 0 Å². The number of anilines is 1. The first-order valence-corrected chi connectivity index (χ1v) is 9.58. The highest BCUT2D eigenvalue weighted by Gasteiger charge is 2.27. The van der Waals surface area contributed by atoms with Crippen LogP contribution in [0.4, 0.5) is 5.69 Å². The van der Waals surface area contributed by atoms with Crippen molar-refractivity contribution in [3.63, 3.8) is 0 Å². The number of benzene rings is 2. The molecule has 0 saturated carbocycles. The van der Waals surface area contributed by atoms with Crippen molar-refractivity contribution >= 4 is 11.6 Å². The fourth-order valence-electron chi connectivity index (χ4n) is 3.56. The van der Waals surface area contributed by atoms with Gasteiger partial charge >= 0.3 is 0 Å². The smallest absolute Gasteiger partial charge is 0.249 e. The van der Waals surface area contributed by atoms with E-state index >= 15 is 0 Å². The lowest BCUT2D eigenvalue weighted by Crippen LogP contribution is -2.41. The molecule has 1 N–H and O–H groups in total. The number of hydrogen-bond donors (Lipinski definition) is 1. The number of amides is 1. The number of hydrogen-bond acceptors (Lipinski definition) is 5. The summed E-state index contributed by atoms with van der Waals surface area (Å²) in [5, 5.41) is 3.39. The number of rotatable bonds is 7. The fourth-order valence-corrected chi connectivity index (χ4v) is 3.56. The SMILES string of the molecule is COc1cc(NC(C(=O)N2CCCCC2)c2ccccc2)cc(OC)c1OC. The number of carbonyl (C=O) groups is 1. The number of piperidine rings is 1. The third-order valence-electron chi connectivity index (χ3n) is 5.02. The van der Waals surface area contributed by atoms with Crippen LogP contribution in [-0.2, 0) is 4.79 Å². The lowest BCUT2D eigenvalue weighted by atomic mass is 10.0. The summed E-state index contributed by atoms with van der Waals surface area (Å²) in [7, 11) is 4.73. The molecule has 3 rings (SSSR count). The zero-order valence-electron chi connectivity index (χ0n) is 16.7. The Morgan fingerprint density at radius 1 is 0.929 bits per heavy atom. The lowest BCUT2D eigenvalue weighted by Gasteiger charge is -2.31. The van der Waals surface area contributed by atoms with Crippen molar-refractivity contribution in [2.24, 2.45) is 0 Å². The first-order valence-electron chi connectivity index (χ1n) is 9.58. The highest BCUT2D eigenvalue weighted by Crippen LogP contribution is 2.40. The quantitative estimate of drug-likeness (QED) is 0.785. The molecule has 0 aliphatic carbocycles. The normalized spacial score (nSPS) is 14.9. The first-order chi connectivity index (χ1) is 13.7. The van der Waals surface area contributed by atoms with Gasteiger partial charge in [-0.2, -0.15) is 0 Å². The molecular formula is C22H28N2O4. The Morgan fingerprint density at radius 3 is 2.07 bits per heavy atom. The molecular weight excluding hydrogens is 356 g/mol. The van der Waals surface area contributed by atoms with Crippen LogP contribution in [0, 0.1) is 0 Å². The molecule has 1 aliphatic rings. The molecule has 1 heterocycles. The predicted molar refractivity (Wildman–Crippen MR) is 109 cm³/mol. The Labute approximate surface area is 166 Å². The summed E-state index contributed by atoms with van der Waals surface area (Å²) in [6.07, 6.45) is 3.29. The van der Waals surface area contributed by atoms with Crippen molar-refractivity contribution in [3.8, 4) is 17.2 Å². The van der Waals surface area contributed by atoms with Gasteiger partial charge in [0.15, 0.2) is 11.5 Å². The third kappa shape index (κ3) is 4.32. The van der Waals surface area contributed by atoms with Gasteiger partial charge in [0, 0.05) is 30.9 Å². The van der Waals surface area contributed by atoms with Crippen molar-refractivity contribution in [1.82, 2.24) is 4.90 Å². The standard InChI is InChI=1S/C22H28N2O4/c1-26-18-14-17(15-19(27-2)21(18)28-3)23-20(16-10-6-4-7-11-16)22(25)24-12-8-5-9-13-24/h4,6-7,10-11,14-15,20,23H,5,8-9,12-13H2,1-3H3. The van der Waals surface area contributed by atoms with Gasteiger partial charge < -0.3 is 24.4 Å². The maximum atomic E-state index is 13.3. The summed E-state index contributed by atoms with van der Waals surface area (Å²) in [6.45, 7) is 1.61. The number of methoxy groups -OCH3 is 3. The molecule has 28 heavy (non-hydrogen) atoms. The first kappa shape index (κ1) is 19.9. The lowest BCUT2D eigenvalue weighted by molar-refractivity contribution is -0.133. The van der Waals surface area contributed by atoms with Gasteiger partial charge in [0.05, 0.1) is 21.3 Å². The number of likely N-dealkylation sites (tertiary alicyclic amines) is 1. The minimum absolute atomic E-state index is 0.0830. The minimum atomic E-state index is -0.484. The summed E-state index contributed by atoms with van der Waals surface area (Å²) >= 11 is 0. The van der Waals surface area contributed by atoms with E-state index in [1.165, 1.54) is 6.42 Å². The monoisotopic (exact) mass is 384 g/mol. The molecule has 0 radical (unpaired) electrons. The molecule has 0 aromatic heterocycles. The Hall–Kier alpha value is -2.89. The van der Waals surface area contributed by atoms with Gasteiger partial charge in [-0.1, -0.05) is 30.3 Å². The van der Waals surface area contributed by atoms with E-state index in [1.54, 1.807) is 21.3 Å². The zero-order valence-corrected chi connectivity index (χ0v) is 16.7. The van der Waals surface area contributed by atoms with Gasteiger partial charge in [-0.15, -0.1) is 0 Å². The van der Waals surface area contributed by atoms with Crippen LogP contribution in [0.25, 0.3) is 0 Å². The van der Waals surface area contributed by atoms with Gasteiger partial charge in [-0.25, -0.2) is 0 Å². The number of nitrogens with one attached hydrogen (secondary N) is 1. The van der Waals surface area contributed by atoms with E-state index in [1.807, 2.05) is 47.4 Å². The zero-order chi connectivity index (χ0) is 19.9. The Morgan fingerprint density at radius 2 is 1.54 bits per heavy atom. The number of ether oxygens (including phenoxy) is 3. The molecule has 1 unspecified atom stereocenters. The molecule has 1 amide bonds. The summed E-state index contributed by atoms with van der Waals surface area (Å²) in [5.41, 5.74) is 1.65. The van der Waals surface area contributed by atoms with Crippen LogP contribution in [0.15, 0.2) is 42.5 Å². The summed E-state index contributed by atoms with van der Waals surface area (Å²) in [5.74, 6) is 1.69. The molecule has 0 spiro atoms. The second-order valence-corrected chi connectivity index (χ2v) is 6.79. The molecule has 2 aromatic carbocycles. The van der Waals surface area contributed by atoms with Gasteiger partial charge in [0.1, 0.15) is 6.04 Å². The average Bonchev–Trinajstić information content (AvgIpc) is 2.77. The van der Waals surface area contributed by atoms with Crippen molar-refractivity contribution in [2.75, 3.05) is 39.7 Å². The average molecular weight is 384 g/mol. The van der Waals surface area contributed by atoms with Gasteiger partial charge in [-0.3, -0.25) is 4.79 Å². The largest absolute Gasteiger partial charge is 0.493 e. The highest BCUT2D eigenvalue weighted by atomic mass is 16.5. The van der Waals surface area contributed by atoms with Crippen molar-refractivity contribution in [3.05, 3.63) is 48.0 Å². The fraction of sp³-hybridized carbons (Fsp3) is 0.409. The topological polar surface area (TPSA) is 60.0 Å². The number of nitrogens with zero attached hydrogens (tertiary/aromatic N) is 1. The molecule has 6 nitrogen and oxygen atoms in total. The summed E-state index contributed by atoms with van der Waals surface area (Å²) in [6, 6.07) is 12.9. The van der Waals surface area contributed by atoms with Crippen LogP contribution in [0.1, 0.15) is 30.9 Å². The van der Waals surface area contributed by atoms with Crippen LogP contribution < -0.4 is 19.5 Å². The Balaban J connectivity index is 1.94. The van der Waals surface area contributed by atoms with Crippen molar-refractivity contribution in [2.45, 2.75) is 25.3 Å². The van der Waals surface area contributed by atoms with Crippen molar-refractivity contribution in [1.29, 1.82) is 0 Å². The van der Waals surface area contributed by atoms with Crippen LogP contribution in [0.3, 0.4) is 0 Å². The van der Waals surface area contributed by atoms with Crippen LogP contribution in [0.2, 0.25) is 0 Å². The number of carbonyl (C=O) groups excluding carboxylic acids is 1. The van der Waals surface area contributed by atoms with E-state index in [4.69, 9.17) is 14.2 Å². The van der Waals surface area contributed by atoms with Gasteiger partial charge in [-0.05, 0) is 24.8 Å². The molecule has 1 atom stereocenters. The maximum Gasteiger partial charge on any atom is 0.249 e.